The fraction of sp³-hybridized carbons (Fsp3) is 0.278. The molecule has 126 valence electrons. The molecular formula is C18H18BrNO4. The summed E-state index contributed by atoms with van der Waals surface area (Å²) in [6.07, 6.45) is 4.01. The third-order valence-corrected chi connectivity index (χ3v) is 4.44. The first-order valence-electron chi connectivity index (χ1n) is 7.57. The number of methoxy groups -OCH3 is 2. The van der Waals surface area contributed by atoms with E-state index in [4.69, 9.17) is 13.9 Å². The standard InChI is InChI=1S/C18H18BrNO4/c1-22-15-9-12-7-8-20(11-13(12)10-16(15)23-2)18(21)6-4-14-3-5-17(19)24-14/h3-6,9-10H,7-8,11H2,1-2H3/b6-4+. The smallest absolute Gasteiger partial charge is 0.246 e. The Labute approximate surface area is 149 Å². The summed E-state index contributed by atoms with van der Waals surface area (Å²) in [5.74, 6) is 2.00. The SMILES string of the molecule is COc1cc2c(cc1OC)CN(C(=O)/C=C/c1ccc(Br)o1)CC2. The van der Waals surface area contributed by atoms with Gasteiger partial charge in [-0.05, 0) is 63.8 Å². The van der Waals surface area contributed by atoms with E-state index in [9.17, 15) is 4.79 Å². The van der Waals surface area contributed by atoms with Gasteiger partial charge in [-0.2, -0.15) is 0 Å². The van der Waals surface area contributed by atoms with Crippen molar-refractivity contribution in [3.05, 3.63) is 51.9 Å². The van der Waals surface area contributed by atoms with E-state index in [1.165, 1.54) is 11.6 Å². The van der Waals surface area contributed by atoms with E-state index in [-0.39, 0.29) is 5.91 Å². The Morgan fingerprint density at radius 1 is 1.21 bits per heavy atom. The lowest BCUT2D eigenvalue weighted by atomic mass is 9.98. The average Bonchev–Trinajstić information content (AvgIpc) is 3.03. The summed E-state index contributed by atoms with van der Waals surface area (Å²) in [7, 11) is 3.24. The zero-order chi connectivity index (χ0) is 17.1. The molecule has 2 heterocycles. The molecule has 0 aliphatic carbocycles. The number of carbonyl (C=O) groups excluding carboxylic acids is 1. The van der Waals surface area contributed by atoms with E-state index in [2.05, 4.69) is 15.9 Å². The molecule has 0 bridgehead atoms. The van der Waals surface area contributed by atoms with Crippen LogP contribution >= 0.6 is 15.9 Å². The van der Waals surface area contributed by atoms with Crippen molar-refractivity contribution in [2.45, 2.75) is 13.0 Å². The summed E-state index contributed by atoms with van der Waals surface area (Å²) < 4.78 is 16.7. The third kappa shape index (κ3) is 3.48. The summed E-state index contributed by atoms with van der Waals surface area (Å²) in [6.45, 7) is 1.23. The molecule has 5 nitrogen and oxygen atoms in total. The first kappa shape index (κ1) is 16.6. The highest BCUT2D eigenvalue weighted by Gasteiger charge is 2.21. The Kier molecular flexibility index (Phi) is 4.94. The van der Waals surface area contributed by atoms with Crippen molar-refractivity contribution >= 4 is 27.9 Å². The Bertz CT molecular complexity index is 781. The van der Waals surface area contributed by atoms with E-state index in [1.54, 1.807) is 32.4 Å². The first-order valence-corrected chi connectivity index (χ1v) is 8.36. The van der Waals surface area contributed by atoms with Gasteiger partial charge in [0.05, 0.1) is 14.2 Å². The van der Waals surface area contributed by atoms with Gasteiger partial charge in [-0.3, -0.25) is 4.79 Å². The van der Waals surface area contributed by atoms with Crippen LogP contribution in [0.3, 0.4) is 0 Å². The lowest BCUT2D eigenvalue weighted by Crippen LogP contribution is -2.34. The van der Waals surface area contributed by atoms with Crippen LogP contribution in [0.15, 0.2) is 39.4 Å². The molecule has 0 unspecified atom stereocenters. The Balaban J connectivity index is 1.74. The van der Waals surface area contributed by atoms with Crippen LogP contribution in [0.4, 0.5) is 0 Å². The molecule has 1 aromatic heterocycles. The molecule has 6 heteroatoms. The van der Waals surface area contributed by atoms with Crippen molar-refractivity contribution in [1.82, 2.24) is 4.90 Å². The van der Waals surface area contributed by atoms with Crippen LogP contribution in [0, 0.1) is 0 Å². The maximum absolute atomic E-state index is 12.4. The van der Waals surface area contributed by atoms with Crippen molar-refractivity contribution in [1.29, 1.82) is 0 Å². The highest BCUT2D eigenvalue weighted by Crippen LogP contribution is 2.33. The fourth-order valence-electron chi connectivity index (χ4n) is 2.75. The van der Waals surface area contributed by atoms with Crippen LogP contribution < -0.4 is 9.47 Å². The molecule has 1 aliphatic heterocycles. The molecule has 0 spiro atoms. The number of fused-ring (bicyclic) bond motifs is 1. The predicted octanol–water partition coefficient (Wildman–Crippen LogP) is 3.66. The number of nitrogens with zero attached hydrogens (tertiary/aromatic N) is 1. The summed E-state index contributed by atoms with van der Waals surface area (Å²) >= 11 is 3.24. The normalized spacial score (nSPS) is 13.9. The molecule has 0 radical (unpaired) electrons. The summed E-state index contributed by atoms with van der Waals surface area (Å²) in [6, 6.07) is 7.53. The van der Waals surface area contributed by atoms with Gasteiger partial charge in [-0.25, -0.2) is 0 Å². The molecule has 1 aromatic carbocycles. The predicted molar refractivity (Wildman–Crippen MR) is 94.1 cm³/mol. The molecule has 0 saturated carbocycles. The number of carbonyl (C=O) groups is 1. The van der Waals surface area contributed by atoms with Crippen LogP contribution in [-0.2, 0) is 17.8 Å². The van der Waals surface area contributed by atoms with Gasteiger partial charge >= 0.3 is 0 Å². The molecular weight excluding hydrogens is 374 g/mol. The highest BCUT2D eigenvalue weighted by molar-refractivity contribution is 9.10. The summed E-state index contributed by atoms with van der Waals surface area (Å²) in [5, 5.41) is 0. The molecule has 0 N–H and O–H groups in total. The maximum Gasteiger partial charge on any atom is 0.246 e. The largest absolute Gasteiger partial charge is 0.493 e. The molecule has 2 aromatic rings. The number of furan rings is 1. The zero-order valence-corrected chi connectivity index (χ0v) is 15.1. The van der Waals surface area contributed by atoms with Crippen molar-refractivity contribution < 1.29 is 18.7 Å². The quantitative estimate of drug-likeness (QED) is 0.746. The number of benzene rings is 1. The minimum absolute atomic E-state index is 0.0389. The molecule has 1 amide bonds. The van der Waals surface area contributed by atoms with Gasteiger partial charge in [0, 0.05) is 19.2 Å². The second-order valence-corrected chi connectivity index (χ2v) is 6.24. The number of hydrogen-bond acceptors (Lipinski definition) is 4. The van der Waals surface area contributed by atoms with Crippen molar-refractivity contribution in [2.75, 3.05) is 20.8 Å². The van der Waals surface area contributed by atoms with Crippen LogP contribution in [-0.4, -0.2) is 31.6 Å². The third-order valence-electron chi connectivity index (χ3n) is 4.01. The topological polar surface area (TPSA) is 51.9 Å². The van der Waals surface area contributed by atoms with E-state index in [1.807, 2.05) is 17.0 Å². The lowest BCUT2D eigenvalue weighted by molar-refractivity contribution is -0.126. The Morgan fingerprint density at radius 3 is 2.54 bits per heavy atom. The summed E-state index contributed by atoms with van der Waals surface area (Å²) in [4.78, 5) is 14.2. The van der Waals surface area contributed by atoms with Gasteiger partial charge in [-0.1, -0.05) is 0 Å². The van der Waals surface area contributed by atoms with E-state index in [0.29, 0.717) is 29.3 Å². The van der Waals surface area contributed by atoms with Crippen molar-refractivity contribution in [3.8, 4) is 11.5 Å². The van der Waals surface area contributed by atoms with Gasteiger partial charge in [0.25, 0.3) is 0 Å². The van der Waals surface area contributed by atoms with Crippen LogP contribution in [0.1, 0.15) is 16.9 Å². The number of halogens is 1. The molecule has 1 aliphatic rings. The molecule has 0 fully saturated rings. The van der Waals surface area contributed by atoms with E-state index >= 15 is 0 Å². The average molecular weight is 392 g/mol. The minimum Gasteiger partial charge on any atom is -0.493 e. The van der Waals surface area contributed by atoms with Gasteiger partial charge < -0.3 is 18.8 Å². The second-order valence-electron chi connectivity index (χ2n) is 5.46. The van der Waals surface area contributed by atoms with Gasteiger partial charge in [-0.15, -0.1) is 0 Å². The summed E-state index contributed by atoms with van der Waals surface area (Å²) in [5.41, 5.74) is 2.28. The minimum atomic E-state index is -0.0389. The first-order chi connectivity index (χ1) is 11.6. The Hall–Kier alpha value is -2.21. The van der Waals surface area contributed by atoms with E-state index < -0.39 is 0 Å². The monoisotopic (exact) mass is 391 g/mol. The molecule has 0 saturated heterocycles. The van der Waals surface area contributed by atoms with Gasteiger partial charge in [0.1, 0.15) is 5.76 Å². The number of hydrogen-bond donors (Lipinski definition) is 0. The van der Waals surface area contributed by atoms with Crippen molar-refractivity contribution in [2.24, 2.45) is 0 Å². The Morgan fingerprint density at radius 2 is 1.92 bits per heavy atom. The second kappa shape index (κ2) is 7.13. The van der Waals surface area contributed by atoms with Crippen LogP contribution in [0.2, 0.25) is 0 Å². The highest BCUT2D eigenvalue weighted by atomic mass is 79.9. The number of ether oxygens (including phenoxy) is 2. The van der Waals surface area contributed by atoms with Crippen molar-refractivity contribution in [3.63, 3.8) is 0 Å². The molecule has 24 heavy (non-hydrogen) atoms. The molecule has 0 atom stereocenters. The lowest BCUT2D eigenvalue weighted by Gasteiger charge is -2.28. The fourth-order valence-corrected chi connectivity index (χ4v) is 3.07. The van der Waals surface area contributed by atoms with Gasteiger partial charge in [0.15, 0.2) is 16.2 Å². The van der Waals surface area contributed by atoms with E-state index in [0.717, 1.165) is 17.7 Å². The molecule has 3 rings (SSSR count). The number of amides is 1. The van der Waals surface area contributed by atoms with Crippen LogP contribution in [0.5, 0.6) is 11.5 Å². The van der Waals surface area contributed by atoms with Crippen LogP contribution in [0.25, 0.3) is 6.08 Å². The maximum atomic E-state index is 12.4. The zero-order valence-electron chi connectivity index (χ0n) is 13.5. The number of rotatable bonds is 4. The van der Waals surface area contributed by atoms with Gasteiger partial charge in [0.2, 0.25) is 5.91 Å².